The van der Waals surface area contributed by atoms with Gasteiger partial charge in [0.1, 0.15) is 0 Å². The van der Waals surface area contributed by atoms with Crippen LogP contribution < -0.4 is 10.6 Å². The molecule has 0 bridgehead atoms. The maximum Gasteiger partial charge on any atom is 0.242 e. The lowest BCUT2D eigenvalue weighted by atomic mass is 10.2. The number of carbonyl (C=O) groups is 1. The van der Waals surface area contributed by atoms with Gasteiger partial charge in [0.15, 0.2) is 0 Å². The van der Waals surface area contributed by atoms with Crippen molar-refractivity contribution in [3.05, 3.63) is 34.9 Å². The Hall–Kier alpha value is -1.11. The monoisotopic (exact) mass is 337 g/mol. The van der Waals surface area contributed by atoms with Crippen LogP contribution in [-0.2, 0) is 4.79 Å². The largest absolute Gasteiger partial charge is 0.323 e. The molecule has 1 unspecified atom stereocenters. The molecule has 1 atom stereocenters. The van der Waals surface area contributed by atoms with Crippen molar-refractivity contribution in [1.82, 2.24) is 10.3 Å². The Kier molecular flexibility index (Phi) is 3.72. The summed E-state index contributed by atoms with van der Waals surface area (Å²) in [7, 11) is 0. The number of hydrogen-bond donors (Lipinski definition) is 2. The van der Waals surface area contributed by atoms with E-state index in [4.69, 9.17) is 0 Å². The standard InChI is InChI=1S/C13H12BrN3OS/c14-9-4-8-2-1-3-10(12(8)15-5-9)17-13(18)11-6-19-7-16-11/h1-5,11,16H,6-7H2,(H,17,18). The molecule has 1 amide bonds. The molecular formula is C13H12BrN3OS. The number of para-hydroxylation sites is 1. The fourth-order valence-electron chi connectivity index (χ4n) is 2.02. The highest BCUT2D eigenvalue weighted by atomic mass is 79.9. The van der Waals surface area contributed by atoms with E-state index in [1.165, 1.54) is 0 Å². The van der Waals surface area contributed by atoms with Crippen LogP contribution in [0.2, 0.25) is 0 Å². The number of anilines is 1. The molecule has 4 nitrogen and oxygen atoms in total. The molecule has 0 saturated carbocycles. The number of rotatable bonds is 2. The van der Waals surface area contributed by atoms with Gasteiger partial charge in [-0.3, -0.25) is 15.1 Å². The maximum atomic E-state index is 12.1. The number of nitrogens with zero attached hydrogens (tertiary/aromatic N) is 1. The van der Waals surface area contributed by atoms with Crippen molar-refractivity contribution < 1.29 is 4.79 Å². The number of carbonyl (C=O) groups excluding carboxylic acids is 1. The van der Waals surface area contributed by atoms with Crippen molar-refractivity contribution in [3.8, 4) is 0 Å². The molecule has 1 fully saturated rings. The van der Waals surface area contributed by atoms with Gasteiger partial charge >= 0.3 is 0 Å². The van der Waals surface area contributed by atoms with E-state index in [-0.39, 0.29) is 11.9 Å². The summed E-state index contributed by atoms with van der Waals surface area (Å²) in [6.07, 6.45) is 1.74. The molecule has 3 rings (SSSR count). The Balaban J connectivity index is 1.90. The molecule has 0 radical (unpaired) electrons. The van der Waals surface area contributed by atoms with Crippen molar-refractivity contribution in [1.29, 1.82) is 0 Å². The molecule has 0 aliphatic carbocycles. The number of nitrogens with one attached hydrogen (secondary N) is 2. The molecule has 0 spiro atoms. The predicted octanol–water partition coefficient (Wildman–Crippen LogP) is 2.60. The zero-order chi connectivity index (χ0) is 13.2. The number of pyridine rings is 1. The second kappa shape index (κ2) is 5.48. The van der Waals surface area contributed by atoms with Crippen LogP contribution in [0.1, 0.15) is 0 Å². The van der Waals surface area contributed by atoms with E-state index in [2.05, 4.69) is 31.5 Å². The predicted molar refractivity (Wildman–Crippen MR) is 82.3 cm³/mol. The molecule has 1 aromatic carbocycles. The van der Waals surface area contributed by atoms with Gasteiger partial charge in [-0.2, -0.15) is 0 Å². The highest BCUT2D eigenvalue weighted by Gasteiger charge is 2.22. The van der Waals surface area contributed by atoms with E-state index in [0.29, 0.717) is 0 Å². The number of hydrogen-bond acceptors (Lipinski definition) is 4. The van der Waals surface area contributed by atoms with E-state index >= 15 is 0 Å². The molecule has 98 valence electrons. The van der Waals surface area contributed by atoms with Crippen LogP contribution in [0.15, 0.2) is 34.9 Å². The van der Waals surface area contributed by atoms with E-state index in [1.807, 2.05) is 24.3 Å². The van der Waals surface area contributed by atoms with Crippen LogP contribution in [0.25, 0.3) is 10.9 Å². The Morgan fingerprint density at radius 1 is 1.53 bits per heavy atom. The van der Waals surface area contributed by atoms with Gasteiger partial charge < -0.3 is 5.32 Å². The topological polar surface area (TPSA) is 54.0 Å². The molecule has 19 heavy (non-hydrogen) atoms. The number of halogens is 1. The summed E-state index contributed by atoms with van der Waals surface area (Å²) in [6.45, 7) is 0. The van der Waals surface area contributed by atoms with Crippen molar-refractivity contribution in [2.24, 2.45) is 0 Å². The van der Waals surface area contributed by atoms with Gasteiger partial charge in [-0.1, -0.05) is 12.1 Å². The average Bonchev–Trinajstić information content (AvgIpc) is 2.92. The third-order valence-electron chi connectivity index (χ3n) is 2.97. The first-order valence-electron chi connectivity index (χ1n) is 5.90. The average molecular weight is 338 g/mol. The zero-order valence-corrected chi connectivity index (χ0v) is 12.4. The maximum absolute atomic E-state index is 12.1. The Bertz CT molecular complexity index is 628. The van der Waals surface area contributed by atoms with Crippen LogP contribution in [0.5, 0.6) is 0 Å². The lowest BCUT2D eigenvalue weighted by Gasteiger charge is -2.12. The van der Waals surface area contributed by atoms with E-state index in [0.717, 1.165) is 32.7 Å². The smallest absolute Gasteiger partial charge is 0.242 e. The molecular weight excluding hydrogens is 326 g/mol. The summed E-state index contributed by atoms with van der Waals surface area (Å²) in [6, 6.07) is 7.65. The number of aromatic nitrogens is 1. The Morgan fingerprint density at radius 2 is 2.42 bits per heavy atom. The van der Waals surface area contributed by atoms with Crippen molar-refractivity contribution in [2.75, 3.05) is 16.9 Å². The first-order chi connectivity index (χ1) is 9.24. The lowest BCUT2D eigenvalue weighted by molar-refractivity contribution is -0.117. The third-order valence-corrected chi connectivity index (χ3v) is 4.34. The zero-order valence-electron chi connectivity index (χ0n) is 10.0. The van der Waals surface area contributed by atoms with Crippen LogP contribution >= 0.6 is 27.7 Å². The van der Waals surface area contributed by atoms with Gasteiger partial charge in [-0.25, -0.2) is 0 Å². The number of thioether (sulfide) groups is 1. The molecule has 2 heterocycles. The van der Waals surface area contributed by atoms with Crippen molar-refractivity contribution in [3.63, 3.8) is 0 Å². The summed E-state index contributed by atoms with van der Waals surface area (Å²) in [5, 5.41) is 7.11. The van der Waals surface area contributed by atoms with Crippen molar-refractivity contribution >= 4 is 50.2 Å². The second-order valence-corrected chi connectivity index (χ2v) is 6.24. The normalized spacial score (nSPS) is 18.7. The Labute approximate surface area is 123 Å². The van der Waals surface area contributed by atoms with Crippen LogP contribution in [0, 0.1) is 0 Å². The SMILES string of the molecule is O=C(Nc1cccc2cc(Br)cnc12)C1CSCN1. The van der Waals surface area contributed by atoms with Gasteiger partial charge in [0, 0.05) is 27.7 Å². The van der Waals surface area contributed by atoms with Gasteiger partial charge in [0.2, 0.25) is 5.91 Å². The fourth-order valence-corrected chi connectivity index (χ4v) is 3.31. The summed E-state index contributed by atoms with van der Waals surface area (Å²) < 4.78 is 0.928. The highest BCUT2D eigenvalue weighted by Crippen LogP contribution is 2.24. The molecule has 6 heteroatoms. The first kappa shape index (κ1) is 12.9. The summed E-state index contributed by atoms with van der Waals surface area (Å²) in [5.41, 5.74) is 1.57. The second-order valence-electron chi connectivity index (χ2n) is 4.29. The first-order valence-corrected chi connectivity index (χ1v) is 7.85. The molecule has 1 aliphatic heterocycles. The van der Waals surface area contributed by atoms with Crippen molar-refractivity contribution in [2.45, 2.75) is 6.04 Å². The van der Waals surface area contributed by atoms with Crippen LogP contribution in [0.3, 0.4) is 0 Å². The summed E-state index contributed by atoms with van der Waals surface area (Å²) in [4.78, 5) is 16.5. The van der Waals surface area contributed by atoms with Crippen LogP contribution in [-0.4, -0.2) is 28.6 Å². The number of amides is 1. The van der Waals surface area contributed by atoms with Gasteiger partial charge in [0.05, 0.1) is 17.2 Å². The molecule has 2 N–H and O–H groups in total. The highest BCUT2D eigenvalue weighted by molar-refractivity contribution is 9.10. The van der Waals surface area contributed by atoms with Gasteiger partial charge in [0.25, 0.3) is 0 Å². The summed E-state index contributed by atoms with van der Waals surface area (Å²) in [5.74, 6) is 1.65. The molecule has 2 aromatic rings. The third kappa shape index (κ3) is 2.75. The minimum absolute atomic E-state index is 0.00205. The van der Waals surface area contributed by atoms with Gasteiger partial charge in [-0.05, 0) is 28.1 Å². The summed E-state index contributed by atoms with van der Waals surface area (Å²) >= 11 is 5.13. The quantitative estimate of drug-likeness (QED) is 0.884. The lowest BCUT2D eigenvalue weighted by Crippen LogP contribution is -2.37. The van der Waals surface area contributed by atoms with E-state index < -0.39 is 0 Å². The minimum atomic E-state index is -0.115. The van der Waals surface area contributed by atoms with Crippen LogP contribution in [0.4, 0.5) is 5.69 Å². The number of benzene rings is 1. The molecule has 1 aliphatic rings. The minimum Gasteiger partial charge on any atom is -0.323 e. The van der Waals surface area contributed by atoms with Gasteiger partial charge in [-0.15, -0.1) is 11.8 Å². The molecule has 1 saturated heterocycles. The fraction of sp³-hybridized carbons (Fsp3) is 0.231. The Morgan fingerprint density at radius 3 is 3.21 bits per heavy atom. The van der Waals surface area contributed by atoms with E-state index in [9.17, 15) is 4.79 Å². The van der Waals surface area contributed by atoms with E-state index in [1.54, 1.807) is 18.0 Å². The molecule has 1 aromatic heterocycles. The number of fused-ring (bicyclic) bond motifs is 1.